The van der Waals surface area contributed by atoms with Gasteiger partial charge < -0.3 is 10.2 Å². The number of nitrogens with zero attached hydrogens (tertiary/aromatic N) is 1. The van der Waals surface area contributed by atoms with Crippen molar-refractivity contribution in [2.24, 2.45) is 5.92 Å². The second-order valence-corrected chi connectivity index (χ2v) is 6.14. The Labute approximate surface area is 117 Å². The topological polar surface area (TPSA) is 15.3 Å². The predicted octanol–water partition coefficient (Wildman–Crippen LogP) is 2.69. The lowest BCUT2D eigenvalue weighted by atomic mass is 9.85. The number of aryl methyl sites for hydroxylation is 1. The van der Waals surface area contributed by atoms with Gasteiger partial charge in [-0.1, -0.05) is 30.3 Å². The van der Waals surface area contributed by atoms with Crippen molar-refractivity contribution >= 4 is 0 Å². The average Bonchev–Trinajstić information content (AvgIpc) is 2.48. The molecule has 2 aliphatic rings. The Bertz CT molecular complexity index is 376. The highest BCUT2D eigenvalue weighted by Gasteiger charge is 2.30. The molecule has 2 fully saturated rings. The Balaban J connectivity index is 1.41. The van der Waals surface area contributed by atoms with Gasteiger partial charge in [-0.3, -0.25) is 0 Å². The molecule has 3 rings (SSSR count). The highest BCUT2D eigenvalue weighted by Crippen LogP contribution is 2.24. The van der Waals surface area contributed by atoms with Crippen molar-refractivity contribution < 1.29 is 0 Å². The number of fused-ring (bicyclic) bond motifs is 1. The number of piperidine rings is 2. The van der Waals surface area contributed by atoms with E-state index in [0.29, 0.717) is 0 Å². The van der Waals surface area contributed by atoms with Gasteiger partial charge in [-0.25, -0.2) is 0 Å². The van der Waals surface area contributed by atoms with Crippen molar-refractivity contribution in [3.05, 3.63) is 35.9 Å². The molecule has 2 heteroatoms. The largest absolute Gasteiger partial charge is 0.314 e. The lowest BCUT2D eigenvalue weighted by molar-refractivity contribution is 0.113. The molecule has 0 bridgehead atoms. The summed E-state index contributed by atoms with van der Waals surface area (Å²) in [6.07, 6.45) is 6.69. The predicted molar refractivity (Wildman–Crippen MR) is 80.3 cm³/mol. The fourth-order valence-electron chi connectivity index (χ4n) is 3.67. The molecule has 0 spiro atoms. The highest BCUT2D eigenvalue weighted by atomic mass is 15.1. The summed E-state index contributed by atoms with van der Waals surface area (Å²) in [6.45, 7) is 5.14. The zero-order valence-corrected chi connectivity index (χ0v) is 11.9. The van der Waals surface area contributed by atoms with E-state index in [1.165, 1.54) is 63.8 Å². The first-order chi connectivity index (χ1) is 9.42. The van der Waals surface area contributed by atoms with Gasteiger partial charge in [0, 0.05) is 12.6 Å². The van der Waals surface area contributed by atoms with Gasteiger partial charge in [-0.15, -0.1) is 0 Å². The van der Waals surface area contributed by atoms with E-state index in [0.717, 1.165) is 12.0 Å². The van der Waals surface area contributed by atoms with E-state index in [1.54, 1.807) is 0 Å². The van der Waals surface area contributed by atoms with E-state index >= 15 is 0 Å². The van der Waals surface area contributed by atoms with Crippen molar-refractivity contribution in [3.8, 4) is 0 Å². The molecular weight excluding hydrogens is 232 g/mol. The standard InChI is InChI=1S/C17H26N2/c1-2-6-15(7-3-1)8-5-12-19-13-10-17-16(14-19)9-4-11-18-17/h1-3,6-7,16-18H,4-5,8-14H2. The number of nitrogens with one attached hydrogen (secondary N) is 1. The van der Waals surface area contributed by atoms with Gasteiger partial charge in [0.05, 0.1) is 0 Å². The van der Waals surface area contributed by atoms with Crippen LogP contribution in [-0.2, 0) is 6.42 Å². The van der Waals surface area contributed by atoms with E-state index in [-0.39, 0.29) is 0 Å². The minimum absolute atomic E-state index is 0.819. The summed E-state index contributed by atoms with van der Waals surface area (Å²) >= 11 is 0. The fourth-order valence-corrected chi connectivity index (χ4v) is 3.67. The highest BCUT2D eigenvalue weighted by molar-refractivity contribution is 5.14. The molecule has 1 N–H and O–H groups in total. The Morgan fingerprint density at radius 1 is 1.16 bits per heavy atom. The molecule has 2 saturated heterocycles. The Morgan fingerprint density at radius 3 is 2.95 bits per heavy atom. The first-order valence-electron chi connectivity index (χ1n) is 7.91. The molecule has 104 valence electrons. The molecule has 0 saturated carbocycles. The van der Waals surface area contributed by atoms with Crippen LogP contribution in [0.1, 0.15) is 31.2 Å². The normalized spacial score (nSPS) is 28.0. The van der Waals surface area contributed by atoms with Crippen LogP contribution in [0.4, 0.5) is 0 Å². The second kappa shape index (κ2) is 6.53. The maximum absolute atomic E-state index is 3.70. The maximum atomic E-state index is 3.70. The first kappa shape index (κ1) is 13.1. The molecule has 19 heavy (non-hydrogen) atoms. The van der Waals surface area contributed by atoms with Crippen molar-refractivity contribution in [1.29, 1.82) is 0 Å². The third kappa shape index (κ3) is 3.58. The van der Waals surface area contributed by atoms with Crippen molar-refractivity contribution in [2.45, 2.75) is 38.1 Å². The summed E-state index contributed by atoms with van der Waals surface area (Å²) in [5.41, 5.74) is 1.48. The number of rotatable bonds is 4. The van der Waals surface area contributed by atoms with E-state index < -0.39 is 0 Å². The minimum atomic E-state index is 0.819. The molecule has 2 unspecified atom stereocenters. The van der Waals surface area contributed by atoms with E-state index in [1.807, 2.05) is 0 Å². The van der Waals surface area contributed by atoms with Gasteiger partial charge in [-0.05, 0) is 63.2 Å². The number of likely N-dealkylation sites (tertiary alicyclic amines) is 1. The molecule has 0 radical (unpaired) electrons. The molecule has 0 aromatic heterocycles. The minimum Gasteiger partial charge on any atom is -0.314 e. The van der Waals surface area contributed by atoms with Gasteiger partial charge in [-0.2, -0.15) is 0 Å². The Morgan fingerprint density at radius 2 is 2.05 bits per heavy atom. The van der Waals surface area contributed by atoms with Crippen LogP contribution in [0.25, 0.3) is 0 Å². The second-order valence-electron chi connectivity index (χ2n) is 6.14. The molecule has 1 aromatic carbocycles. The number of hydrogen-bond acceptors (Lipinski definition) is 2. The number of hydrogen-bond donors (Lipinski definition) is 1. The summed E-state index contributed by atoms with van der Waals surface area (Å²) in [4.78, 5) is 2.69. The fraction of sp³-hybridized carbons (Fsp3) is 0.647. The first-order valence-corrected chi connectivity index (χ1v) is 7.91. The van der Waals surface area contributed by atoms with Crippen molar-refractivity contribution in [2.75, 3.05) is 26.2 Å². The molecule has 2 heterocycles. The molecule has 1 aromatic rings. The van der Waals surface area contributed by atoms with Gasteiger partial charge >= 0.3 is 0 Å². The molecule has 0 amide bonds. The lowest BCUT2D eigenvalue weighted by Crippen LogP contribution is -2.52. The quantitative estimate of drug-likeness (QED) is 0.893. The van der Waals surface area contributed by atoms with Gasteiger partial charge in [0.1, 0.15) is 0 Å². The van der Waals surface area contributed by atoms with Crippen LogP contribution in [0.15, 0.2) is 30.3 Å². The summed E-state index contributed by atoms with van der Waals surface area (Å²) in [5.74, 6) is 0.916. The average molecular weight is 258 g/mol. The third-order valence-electron chi connectivity index (χ3n) is 4.76. The molecule has 2 nitrogen and oxygen atoms in total. The summed E-state index contributed by atoms with van der Waals surface area (Å²) in [5, 5.41) is 3.70. The van der Waals surface area contributed by atoms with Crippen molar-refractivity contribution in [3.63, 3.8) is 0 Å². The van der Waals surface area contributed by atoms with E-state index in [4.69, 9.17) is 0 Å². The van der Waals surface area contributed by atoms with Crippen LogP contribution in [0.3, 0.4) is 0 Å². The zero-order chi connectivity index (χ0) is 12.9. The zero-order valence-electron chi connectivity index (χ0n) is 11.9. The lowest BCUT2D eigenvalue weighted by Gasteiger charge is -2.41. The monoisotopic (exact) mass is 258 g/mol. The number of benzene rings is 1. The Kier molecular flexibility index (Phi) is 4.52. The van der Waals surface area contributed by atoms with Crippen molar-refractivity contribution in [1.82, 2.24) is 10.2 Å². The smallest absolute Gasteiger partial charge is 0.0120 e. The third-order valence-corrected chi connectivity index (χ3v) is 4.76. The van der Waals surface area contributed by atoms with Crippen LogP contribution in [-0.4, -0.2) is 37.1 Å². The Hall–Kier alpha value is -0.860. The summed E-state index contributed by atoms with van der Waals surface area (Å²) < 4.78 is 0. The van der Waals surface area contributed by atoms with Crippen LogP contribution in [0.2, 0.25) is 0 Å². The maximum Gasteiger partial charge on any atom is 0.0120 e. The van der Waals surface area contributed by atoms with Crippen LogP contribution in [0, 0.1) is 5.92 Å². The SMILES string of the molecule is c1ccc(CCCN2CCC3NCCCC3C2)cc1. The van der Waals surface area contributed by atoms with Gasteiger partial charge in [0.25, 0.3) is 0 Å². The van der Waals surface area contributed by atoms with E-state index in [2.05, 4.69) is 40.5 Å². The molecule has 2 atom stereocenters. The van der Waals surface area contributed by atoms with Gasteiger partial charge in [0.2, 0.25) is 0 Å². The molecule has 2 aliphatic heterocycles. The summed E-state index contributed by atoms with van der Waals surface area (Å²) in [7, 11) is 0. The van der Waals surface area contributed by atoms with E-state index in [9.17, 15) is 0 Å². The van der Waals surface area contributed by atoms with Crippen LogP contribution >= 0.6 is 0 Å². The molecule has 0 aliphatic carbocycles. The van der Waals surface area contributed by atoms with Crippen LogP contribution in [0.5, 0.6) is 0 Å². The van der Waals surface area contributed by atoms with Crippen LogP contribution < -0.4 is 5.32 Å². The molecular formula is C17H26N2. The summed E-state index contributed by atoms with van der Waals surface area (Å²) in [6, 6.07) is 11.7. The van der Waals surface area contributed by atoms with Gasteiger partial charge in [0.15, 0.2) is 0 Å².